The zero-order chi connectivity index (χ0) is 15.6. The number of halogens is 3. The third-order valence-corrected chi connectivity index (χ3v) is 5.61. The zero-order valence-corrected chi connectivity index (χ0v) is 14.8. The van der Waals surface area contributed by atoms with Crippen molar-refractivity contribution in [3.05, 3.63) is 56.7 Å². The molecule has 0 bridgehead atoms. The minimum Gasteiger partial charge on any atom is -0.260 e. The topological polar surface area (TPSA) is 59.1 Å². The van der Waals surface area contributed by atoms with Gasteiger partial charge < -0.3 is 0 Å². The maximum Gasteiger partial charge on any atom is 0.244 e. The van der Waals surface area contributed by atoms with Crippen LogP contribution in [-0.2, 0) is 10.0 Å². The van der Waals surface area contributed by atoms with Gasteiger partial charge in [-0.1, -0.05) is 45.2 Å². The molecule has 0 aliphatic rings. The second-order valence-electron chi connectivity index (χ2n) is 4.30. The van der Waals surface area contributed by atoms with Crippen molar-refractivity contribution in [2.45, 2.75) is 17.9 Å². The van der Waals surface area contributed by atoms with Crippen LogP contribution in [0.15, 0.2) is 45.9 Å². The second kappa shape index (κ2) is 6.62. The van der Waals surface area contributed by atoms with E-state index in [1.165, 1.54) is 12.1 Å². The van der Waals surface area contributed by atoms with E-state index in [4.69, 9.17) is 23.2 Å². The molecule has 0 saturated heterocycles. The van der Waals surface area contributed by atoms with Crippen LogP contribution in [-0.4, -0.2) is 13.4 Å². The van der Waals surface area contributed by atoms with Gasteiger partial charge in [-0.3, -0.25) is 4.98 Å². The van der Waals surface area contributed by atoms with Gasteiger partial charge in [0.15, 0.2) is 0 Å². The Morgan fingerprint density at radius 2 is 1.86 bits per heavy atom. The first-order chi connectivity index (χ1) is 9.81. The maximum absolute atomic E-state index is 12.4. The lowest BCUT2D eigenvalue weighted by molar-refractivity contribution is 0.564. The molecule has 1 unspecified atom stereocenters. The van der Waals surface area contributed by atoms with Gasteiger partial charge in [0, 0.05) is 10.7 Å². The fourth-order valence-corrected chi connectivity index (χ4v) is 4.92. The molecule has 112 valence electrons. The van der Waals surface area contributed by atoms with Gasteiger partial charge in [0.1, 0.15) is 4.90 Å². The van der Waals surface area contributed by atoms with Crippen molar-refractivity contribution >= 4 is 49.2 Å². The number of benzene rings is 1. The number of rotatable bonds is 4. The minimum atomic E-state index is -3.86. The minimum absolute atomic E-state index is 0.0510. The number of hydrogen-bond acceptors (Lipinski definition) is 3. The monoisotopic (exact) mass is 408 g/mol. The van der Waals surface area contributed by atoms with Gasteiger partial charge in [-0.2, -0.15) is 0 Å². The maximum atomic E-state index is 12.4. The molecule has 8 heteroatoms. The second-order valence-corrected chi connectivity index (χ2v) is 7.68. The first-order valence-corrected chi connectivity index (χ1v) is 8.92. The lowest BCUT2D eigenvalue weighted by Gasteiger charge is -2.15. The van der Waals surface area contributed by atoms with Gasteiger partial charge in [-0.05, 0) is 31.2 Å². The summed E-state index contributed by atoms with van der Waals surface area (Å²) in [6, 6.07) is 7.73. The molecule has 0 radical (unpaired) electrons. The Kier molecular flexibility index (Phi) is 5.27. The highest BCUT2D eigenvalue weighted by atomic mass is 79.9. The van der Waals surface area contributed by atoms with Crippen molar-refractivity contribution in [1.82, 2.24) is 9.71 Å². The van der Waals surface area contributed by atoms with E-state index in [0.29, 0.717) is 10.2 Å². The van der Waals surface area contributed by atoms with Crippen molar-refractivity contribution in [2.24, 2.45) is 0 Å². The molecular formula is C13H11BrCl2N2O2S. The fraction of sp³-hybridized carbons (Fsp3) is 0.154. The summed E-state index contributed by atoms with van der Waals surface area (Å²) in [5, 5.41) is 0.102. The first-order valence-electron chi connectivity index (χ1n) is 5.89. The zero-order valence-electron chi connectivity index (χ0n) is 10.8. The highest BCUT2D eigenvalue weighted by Crippen LogP contribution is 2.33. The van der Waals surface area contributed by atoms with Crippen LogP contribution in [0, 0.1) is 0 Å². The molecule has 0 spiro atoms. The number of aromatic nitrogens is 1. The predicted octanol–water partition coefficient (Wildman–Crippen LogP) is 4.19. The van der Waals surface area contributed by atoms with Crippen LogP contribution in [0.1, 0.15) is 18.7 Å². The molecule has 0 fully saturated rings. The number of nitrogens with one attached hydrogen (secondary N) is 1. The Hall–Kier alpha value is -0.660. The Balaban J connectivity index is 2.36. The van der Waals surface area contributed by atoms with Crippen LogP contribution >= 0.6 is 39.1 Å². The summed E-state index contributed by atoms with van der Waals surface area (Å²) >= 11 is 15.2. The quantitative estimate of drug-likeness (QED) is 0.823. The average Bonchev–Trinajstić information content (AvgIpc) is 2.37. The average molecular weight is 410 g/mol. The summed E-state index contributed by atoms with van der Waals surface area (Å²) in [7, 11) is -3.86. The summed E-state index contributed by atoms with van der Waals surface area (Å²) < 4.78 is 28.0. The SMILES string of the molecule is CC(NS(=O)(=O)c1c(Cl)cc(Br)cc1Cl)c1ccccn1. The van der Waals surface area contributed by atoms with Crippen molar-refractivity contribution in [1.29, 1.82) is 0 Å². The van der Waals surface area contributed by atoms with Crippen molar-refractivity contribution < 1.29 is 8.42 Å². The Morgan fingerprint density at radius 1 is 1.24 bits per heavy atom. The Bertz CT molecular complexity index is 731. The molecule has 1 heterocycles. The summed E-state index contributed by atoms with van der Waals surface area (Å²) in [5.41, 5.74) is 0.602. The highest BCUT2D eigenvalue weighted by molar-refractivity contribution is 9.10. The summed E-state index contributed by atoms with van der Waals surface area (Å²) in [6.45, 7) is 1.69. The Morgan fingerprint density at radius 3 is 2.38 bits per heavy atom. The van der Waals surface area contributed by atoms with E-state index in [0.717, 1.165) is 0 Å². The van der Waals surface area contributed by atoms with Crippen LogP contribution in [0.25, 0.3) is 0 Å². The van der Waals surface area contributed by atoms with Crippen molar-refractivity contribution in [2.75, 3.05) is 0 Å². The van der Waals surface area contributed by atoms with Crippen LogP contribution in [0.4, 0.5) is 0 Å². The third kappa shape index (κ3) is 3.96. The largest absolute Gasteiger partial charge is 0.260 e. The predicted molar refractivity (Wildman–Crippen MR) is 87.1 cm³/mol. The normalized spacial score (nSPS) is 13.1. The standard InChI is InChI=1S/C13H11BrCl2N2O2S/c1-8(12-4-2-3-5-17-12)18-21(19,20)13-10(15)6-9(14)7-11(13)16/h2-8,18H,1H3. The molecule has 2 rings (SSSR count). The van der Waals surface area contributed by atoms with Crippen molar-refractivity contribution in [3.63, 3.8) is 0 Å². The molecule has 0 saturated carbocycles. The molecule has 1 N–H and O–H groups in total. The van der Waals surface area contributed by atoms with Gasteiger partial charge in [-0.15, -0.1) is 0 Å². The molecule has 1 aromatic heterocycles. The molecule has 1 atom stereocenters. The van der Waals surface area contributed by atoms with E-state index < -0.39 is 16.1 Å². The summed E-state index contributed by atoms with van der Waals surface area (Å²) in [6.07, 6.45) is 1.60. The number of pyridine rings is 1. The molecule has 0 amide bonds. The van der Waals surface area contributed by atoms with E-state index in [9.17, 15) is 8.42 Å². The van der Waals surface area contributed by atoms with Crippen LogP contribution in [0.3, 0.4) is 0 Å². The van der Waals surface area contributed by atoms with E-state index in [1.54, 1.807) is 31.3 Å². The van der Waals surface area contributed by atoms with E-state index in [-0.39, 0.29) is 14.9 Å². The van der Waals surface area contributed by atoms with Gasteiger partial charge in [0.2, 0.25) is 10.0 Å². The number of sulfonamides is 1. The Labute approximate surface area is 141 Å². The molecule has 21 heavy (non-hydrogen) atoms. The fourth-order valence-electron chi connectivity index (χ4n) is 1.77. The highest BCUT2D eigenvalue weighted by Gasteiger charge is 2.25. The van der Waals surface area contributed by atoms with E-state index in [1.807, 2.05) is 0 Å². The molecule has 2 aromatic rings. The molecule has 0 aliphatic carbocycles. The van der Waals surface area contributed by atoms with E-state index in [2.05, 4.69) is 25.6 Å². The molecule has 0 aliphatic heterocycles. The molecule has 4 nitrogen and oxygen atoms in total. The molecule has 1 aromatic carbocycles. The smallest absolute Gasteiger partial charge is 0.244 e. The van der Waals surface area contributed by atoms with Gasteiger partial charge in [0.25, 0.3) is 0 Å². The van der Waals surface area contributed by atoms with Crippen LogP contribution in [0.5, 0.6) is 0 Å². The lowest BCUT2D eigenvalue weighted by Crippen LogP contribution is -2.28. The van der Waals surface area contributed by atoms with Crippen molar-refractivity contribution in [3.8, 4) is 0 Å². The van der Waals surface area contributed by atoms with Crippen LogP contribution < -0.4 is 4.72 Å². The van der Waals surface area contributed by atoms with Gasteiger partial charge in [-0.25, -0.2) is 13.1 Å². The van der Waals surface area contributed by atoms with Crippen LogP contribution in [0.2, 0.25) is 10.0 Å². The summed E-state index contributed by atoms with van der Waals surface area (Å²) in [5.74, 6) is 0. The van der Waals surface area contributed by atoms with E-state index >= 15 is 0 Å². The lowest BCUT2D eigenvalue weighted by atomic mass is 10.2. The summed E-state index contributed by atoms with van der Waals surface area (Å²) in [4.78, 5) is 3.97. The van der Waals surface area contributed by atoms with Gasteiger partial charge in [0.05, 0.1) is 21.8 Å². The number of nitrogens with zero attached hydrogens (tertiary/aromatic N) is 1. The first kappa shape index (κ1) is 16.7. The molecular weight excluding hydrogens is 399 g/mol. The number of hydrogen-bond donors (Lipinski definition) is 1. The van der Waals surface area contributed by atoms with Gasteiger partial charge >= 0.3 is 0 Å². The third-order valence-electron chi connectivity index (χ3n) is 2.70.